The van der Waals surface area contributed by atoms with Gasteiger partial charge in [0.15, 0.2) is 5.96 Å². The molecule has 0 aliphatic heterocycles. The van der Waals surface area contributed by atoms with Crippen molar-refractivity contribution in [2.24, 2.45) is 10.4 Å². The molecule has 142 valence electrons. The number of carbonyl (C=O) groups is 1. The van der Waals surface area contributed by atoms with Gasteiger partial charge in [-0.15, -0.1) is 24.0 Å². The molecule has 0 aliphatic carbocycles. The van der Waals surface area contributed by atoms with Gasteiger partial charge in [-0.1, -0.05) is 12.1 Å². The Bertz CT molecular complexity index is 605. The van der Waals surface area contributed by atoms with Crippen LogP contribution in [0.1, 0.15) is 44.9 Å². The number of rotatable bonds is 6. The van der Waals surface area contributed by atoms with Crippen molar-refractivity contribution in [3.8, 4) is 0 Å². The van der Waals surface area contributed by atoms with Gasteiger partial charge < -0.3 is 16.0 Å². The number of benzene rings is 1. The van der Waals surface area contributed by atoms with E-state index < -0.39 is 5.41 Å². The summed E-state index contributed by atoms with van der Waals surface area (Å²) in [4.78, 5) is 16.2. The first kappa shape index (κ1) is 23.6. The number of amides is 1. The summed E-state index contributed by atoms with van der Waals surface area (Å²) in [5.41, 5.74) is 0.897. The van der Waals surface area contributed by atoms with E-state index in [0.29, 0.717) is 24.6 Å². The maximum Gasteiger partial charge on any atom is 0.227 e. The quantitative estimate of drug-likeness (QED) is 0.345. The zero-order chi connectivity index (χ0) is 18.3. The van der Waals surface area contributed by atoms with Gasteiger partial charge in [0.25, 0.3) is 0 Å². The Morgan fingerprint density at radius 2 is 1.96 bits per heavy atom. The lowest BCUT2D eigenvalue weighted by atomic mass is 9.92. The van der Waals surface area contributed by atoms with Crippen LogP contribution in [-0.4, -0.2) is 32.0 Å². The summed E-state index contributed by atoms with van der Waals surface area (Å²) >= 11 is 0. The lowest BCUT2D eigenvalue weighted by Gasteiger charge is -2.26. The summed E-state index contributed by atoms with van der Waals surface area (Å²) in [5.74, 6) is 0.337. The van der Waals surface area contributed by atoms with Crippen LogP contribution in [0.3, 0.4) is 0 Å². The lowest BCUT2D eigenvalue weighted by molar-refractivity contribution is -0.128. The molecule has 5 nitrogen and oxygen atoms in total. The molecule has 0 fully saturated rings. The number of aryl methyl sites for hydroxylation is 1. The van der Waals surface area contributed by atoms with Crippen LogP contribution in [-0.2, 0) is 4.79 Å². The topological polar surface area (TPSA) is 65.5 Å². The summed E-state index contributed by atoms with van der Waals surface area (Å²) in [5, 5.41) is 9.20. The molecule has 0 aliphatic rings. The van der Waals surface area contributed by atoms with Crippen LogP contribution in [0.2, 0.25) is 0 Å². The van der Waals surface area contributed by atoms with E-state index in [4.69, 9.17) is 0 Å². The zero-order valence-corrected chi connectivity index (χ0v) is 18.2. The maximum atomic E-state index is 13.7. The fourth-order valence-electron chi connectivity index (χ4n) is 2.15. The Kier molecular flexibility index (Phi) is 9.99. The van der Waals surface area contributed by atoms with Crippen molar-refractivity contribution in [1.82, 2.24) is 16.0 Å². The third kappa shape index (κ3) is 7.17. The molecule has 1 aromatic carbocycles. The van der Waals surface area contributed by atoms with Gasteiger partial charge in [-0.25, -0.2) is 4.39 Å². The SMILES string of the molecule is CCNC(=O)C(C)(C)CNC(=NC)NC(C)c1ccc(C)c(F)c1.I. The monoisotopic (exact) mass is 464 g/mol. The third-order valence-electron chi connectivity index (χ3n) is 3.92. The zero-order valence-electron chi connectivity index (χ0n) is 15.9. The van der Waals surface area contributed by atoms with Crippen LogP contribution >= 0.6 is 24.0 Å². The Hall–Kier alpha value is -1.38. The van der Waals surface area contributed by atoms with Gasteiger partial charge in [0.05, 0.1) is 11.5 Å². The molecule has 0 saturated heterocycles. The van der Waals surface area contributed by atoms with Crippen molar-refractivity contribution in [3.63, 3.8) is 0 Å². The molecule has 1 aromatic rings. The molecule has 0 spiro atoms. The van der Waals surface area contributed by atoms with Crippen molar-refractivity contribution in [2.75, 3.05) is 20.1 Å². The van der Waals surface area contributed by atoms with Crippen LogP contribution < -0.4 is 16.0 Å². The van der Waals surface area contributed by atoms with E-state index in [2.05, 4.69) is 20.9 Å². The number of hydrogen-bond acceptors (Lipinski definition) is 2. The van der Waals surface area contributed by atoms with Crippen LogP contribution in [0.5, 0.6) is 0 Å². The lowest BCUT2D eigenvalue weighted by Crippen LogP contribution is -2.48. The molecule has 0 heterocycles. The second-order valence-corrected chi connectivity index (χ2v) is 6.54. The van der Waals surface area contributed by atoms with E-state index in [1.54, 1.807) is 20.0 Å². The van der Waals surface area contributed by atoms with Crippen molar-refractivity contribution in [1.29, 1.82) is 0 Å². The van der Waals surface area contributed by atoms with Gasteiger partial charge in [0.1, 0.15) is 5.82 Å². The van der Waals surface area contributed by atoms with Gasteiger partial charge in [0, 0.05) is 20.1 Å². The van der Waals surface area contributed by atoms with E-state index in [9.17, 15) is 9.18 Å². The highest BCUT2D eigenvalue weighted by molar-refractivity contribution is 14.0. The molecule has 7 heteroatoms. The number of hydrogen-bond donors (Lipinski definition) is 3. The summed E-state index contributed by atoms with van der Waals surface area (Å²) < 4.78 is 13.7. The molecule has 0 bridgehead atoms. The van der Waals surface area contributed by atoms with E-state index in [-0.39, 0.29) is 41.7 Å². The Morgan fingerprint density at radius 1 is 1.32 bits per heavy atom. The molecular weight excluding hydrogens is 434 g/mol. The molecular formula is C18H30FIN4O. The predicted molar refractivity (Wildman–Crippen MR) is 112 cm³/mol. The van der Waals surface area contributed by atoms with Gasteiger partial charge in [-0.3, -0.25) is 9.79 Å². The normalized spacial score (nSPS) is 12.8. The summed E-state index contributed by atoms with van der Waals surface area (Å²) in [6.07, 6.45) is 0. The molecule has 1 amide bonds. The molecule has 0 radical (unpaired) electrons. The first-order valence-corrected chi connectivity index (χ1v) is 8.22. The van der Waals surface area contributed by atoms with E-state index >= 15 is 0 Å². The highest BCUT2D eigenvalue weighted by atomic mass is 127. The number of halogens is 2. The fourth-order valence-corrected chi connectivity index (χ4v) is 2.15. The van der Waals surface area contributed by atoms with E-state index in [0.717, 1.165) is 5.56 Å². The summed E-state index contributed by atoms with van der Waals surface area (Å²) in [7, 11) is 1.66. The summed E-state index contributed by atoms with van der Waals surface area (Å²) in [6, 6.07) is 5.07. The molecule has 1 rings (SSSR count). The van der Waals surface area contributed by atoms with Crippen LogP contribution in [0, 0.1) is 18.2 Å². The Morgan fingerprint density at radius 3 is 2.48 bits per heavy atom. The van der Waals surface area contributed by atoms with Crippen molar-refractivity contribution < 1.29 is 9.18 Å². The maximum absolute atomic E-state index is 13.7. The molecule has 0 aromatic heterocycles. The first-order chi connectivity index (χ1) is 11.2. The van der Waals surface area contributed by atoms with Gasteiger partial charge in [0.2, 0.25) is 5.91 Å². The van der Waals surface area contributed by atoms with E-state index in [1.165, 1.54) is 6.07 Å². The minimum absolute atomic E-state index is 0. The number of guanidine groups is 1. The minimum Gasteiger partial charge on any atom is -0.356 e. The Balaban J connectivity index is 0.00000576. The van der Waals surface area contributed by atoms with Gasteiger partial charge in [-0.2, -0.15) is 0 Å². The first-order valence-electron chi connectivity index (χ1n) is 8.22. The molecule has 3 N–H and O–H groups in total. The van der Waals surface area contributed by atoms with Crippen molar-refractivity contribution in [3.05, 3.63) is 35.1 Å². The van der Waals surface area contributed by atoms with Crippen molar-refractivity contribution in [2.45, 2.75) is 40.7 Å². The molecule has 25 heavy (non-hydrogen) atoms. The third-order valence-corrected chi connectivity index (χ3v) is 3.92. The Labute approximate surface area is 167 Å². The standard InChI is InChI=1S/C18H29FN4O.HI/c1-7-21-16(24)18(4,5)11-22-17(20-6)23-13(3)14-9-8-12(2)15(19)10-14;/h8-10,13H,7,11H2,1-6H3,(H,21,24)(H2,20,22,23);1H. The van der Waals surface area contributed by atoms with Crippen LogP contribution in [0.4, 0.5) is 4.39 Å². The largest absolute Gasteiger partial charge is 0.356 e. The molecule has 1 atom stereocenters. The highest BCUT2D eigenvalue weighted by Crippen LogP contribution is 2.17. The van der Waals surface area contributed by atoms with Crippen LogP contribution in [0.25, 0.3) is 0 Å². The van der Waals surface area contributed by atoms with Gasteiger partial charge >= 0.3 is 0 Å². The van der Waals surface area contributed by atoms with Crippen LogP contribution in [0.15, 0.2) is 23.2 Å². The highest BCUT2D eigenvalue weighted by Gasteiger charge is 2.27. The minimum atomic E-state index is -0.563. The number of nitrogens with one attached hydrogen (secondary N) is 3. The summed E-state index contributed by atoms with van der Waals surface area (Å²) in [6.45, 7) is 10.4. The fraction of sp³-hybridized carbons (Fsp3) is 0.556. The molecule has 0 saturated carbocycles. The van der Waals surface area contributed by atoms with Gasteiger partial charge in [-0.05, 0) is 51.8 Å². The number of aliphatic imine (C=N–C) groups is 1. The van der Waals surface area contributed by atoms with Crippen molar-refractivity contribution >= 4 is 35.8 Å². The van der Waals surface area contributed by atoms with E-state index in [1.807, 2.05) is 33.8 Å². The smallest absolute Gasteiger partial charge is 0.227 e. The second kappa shape index (κ2) is 10.6. The molecule has 1 unspecified atom stereocenters. The average molecular weight is 464 g/mol. The second-order valence-electron chi connectivity index (χ2n) is 6.54. The average Bonchev–Trinajstić information content (AvgIpc) is 2.53. The number of carbonyl (C=O) groups excluding carboxylic acids is 1. The predicted octanol–water partition coefficient (Wildman–Crippen LogP) is 3.14. The number of nitrogens with zero attached hydrogens (tertiary/aromatic N) is 1.